The number of nitriles is 1. The van der Waals surface area contributed by atoms with E-state index in [9.17, 15) is 8.42 Å². The summed E-state index contributed by atoms with van der Waals surface area (Å²) >= 11 is 0. The fraction of sp³-hybridized carbons (Fsp3) is 0.500. The van der Waals surface area contributed by atoms with Gasteiger partial charge < -0.3 is 0 Å². The van der Waals surface area contributed by atoms with Crippen LogP contribution >= 0.6 is 0 Å². The molecule has 18 heavy (non-hydrogen) atoms. The minimum Gasteiger partial charge on any atom is -0.244 e. The highest BCUT2D eigenvalue weighted by Gasteiger charge is 2.24. The van der Waals surface area contributed by atoms with E-state index < -0.39 is 10.0 Å². The van der Waals surface area contributed by atoms with Crippen molar-refractivity contribution >= 4 is 10.0 Å². The zero-order valence-corrected chi connectivity index (χ0v) is 11.6. The van der Waals surface area contributed by atoms with Gasteiger partial charge in [0.1, 0.15) is 11.0 Å². The quantitative estimate of drug-likeness (QED) is 0.812. The lowest BCUT2D eigenvalue weighted by Gasteiger charge is -2.18. The predicted molar refractivity (Wildman–Crippen MR) is 68.2 cm³/mol. The number of sulfonamides is 1. The number of rotatable bonds is 5. The number of nitrogens with zero attached hydrogens (tertiary/aromatic N) is 3. The summed E-state index contributed by atoms with van der Waals surface area (Å²) in [5.74, 6) is 0.423. The zero-order chi connectivity index (χ0) is 13.8. The first-order valence-corrected chi connectivity index (χ1v) is 7.15. The van der Waals surface area contributed by atoms with Crippen LogP contribution in [-0.2, 0) is 10.0 Å². The Kier molecular flexibility index (Phi) is 4.82. The van der Waals surface area contributed by atoms with Crippen molar-refractivity contribution < 1.29 is 8.42 Å². The van der Waals surface area contributed by atoms with E-state index in [4.69, 9.17) is 5.26 Å². The lowest BCUT2D eigenvalue weighted by Crippen LogP contribution is -2.29. The van der Waals surface area contributed by atoms with E-state index in [-0.39, 0.29) is 10.6 Å². The summed E-state index contributed by atoms with van der Waals surface area (Å²) in [5, 5.41) is 8.89. The molecule has 0 aliphatic carbocycles. The van der Waals surface area contributed by atoms with Crippen LogP contribution < -0.4 is 0 Å². The van der Waals surface area contributed by atoms with Crippen LogP contribution in [0.4, 0.5) is 0 Å². The van der Waals surface area contributed by atoms with E-state index >= 15 is 0 Å². The van der Waals surface area contributed by atoms with Gasteiger partial charge in [-0.3, -0.25) is 0 Å². The van der Waals surface area contributed by atoms with Crippen molar-refractivity contribution in [3.05, 3.63) is 24.0 Å². The van der Waals surface area contributed by atoms with Gasteiger partial charge in [-0.25, -0.2) is 17.7 Å². The third-order valence-electron chi connectivity index (χ3n) is 2.59. The van der Waals surface area contributed by atoms with Crippen LogP contribution in [-0.4, -0.2) is 31.3 Å². The van der Waals surface area contributed by atoms with Crippen LogP contribution in [0.5, 0.6) is 0 Å². The van der Waals surface area contributed by atoms with Crippen LogP contribution in [0.3, 0.4) is 0 Å². The Bertz CT molecular complexity index is 547. The fourth-order valence-corrected chi connectivity index (χ4v) is 2.69. The molecule has 5 nitrogen and oxygen atoms in total. The van der Waals surface area contributed by atoms with Crippen molar-refractivity contribution in [2.24, 2.45) is 5.92 Å². The molecule has 0 amide bonds. The molecule has 1 aromatic rings. The van der Waals surface area contributed by atoms with E-state index in [0.717, 1.165) is 6.42 Å². The smallest absolute Gasteiger partial charge is 0.244 e. The highest BCUT2D eigenvalue weighted by molar-refractivity contribution is 7.89. The molecular formula is C12H17N3O2S. The van der Waals surface area contributed by atoms with Crippen molar-refractivity contribution in [1.82, 2.24) is 9.29 Å². The van der Waals surface area contributed by atoms with E-state index in [1.807, 2.05) is 13.8 Å². The third-order valence-corrected chi connectivity index (χ3v) is 4.47. The number of hydrogen-bond acceptors (Lipinski definition) is 4. The molecule has 0 unspecified atom stereocenters. The molecule has 6 heteroatoms. The second kappa shape index (κ2) is 5.94. The van der Waals surface area contributed by atoms with Crippen molar-refractivity contribution in [1.29, 1.82) is 5.26 Å². The highest BCUT2D eigenvalue weighted by atomic mass is 32.2. The lowest BCUT2D eigenvalue weighted by molar-refractivity contribution is 0.428. The van der Waals surface area contributed by atoms with Crippen molar-refractivity contribution in [2.45, 2.75) is 25.2 Å². The summed E-state index contributed by atoms with van der Waals surface area (Å²) in [5.41, 5.74) is -0.0612. The third kappa shape index (κ3) is 3.28. The predicted octanol–water partition coefficient (Wildman–Crippen LogP) is 1.62. The number of pyridine rings is 1. The summed E-state index contributed by atoms with van der Waals surface area (Å²) < 4.78 is 25.8. The van der Waals surface area contributed by atoms with Gasteiger partial charge in [0.05, 0.1) is 0 Å². The molecule has 0 N–H and O–H groups in total. The first kappa shape index (κ1) is 14.6. The maximum absolute atomic E-state index is 12.3. The van der Waals surface area contributed by atoms with E-state index in [2.05, 4.69) is 4.98 Å². The van der Waals surface area contributed by atoms with Crippen LogP contribution in [0, 0.1) is 17.2 Å². The summed E-state index contributed by atoms with van der Waals surface area (Å²) in [6, 6.07) is 4.73. The standard InChI is InChI=1S/C12H17N3O2S/c1-10(2)6-8-15(3)18(16,17)12-5-4-7-14-11(12)9-13/h4-5,7,10H,6,8H2,1-3H3. The minimum absolute atomic E-state index is 0.0289. The summed E-state index contributed by atoms with van der Waals surface area (Å²) in [6.07, 6.45) is 2.18. The maximum atomic E-state index is 12.3. The van der Waals surface area contributed by atoms with Gasteiger partial charge in [-0.2, -0.15) is 5.26 Å². The first-order valence-electron chi connectivity index (χ1n) is 5.71. The molecular weight excluding hydrogens is 250 g/mol. The van der Waals surface area contributed by atoms with Crippen molar-refractivity contribution in [2.75, 3.05) is 13.6 Å². The topological polar surface area (TPSA) is 74.1 Å². The molecule has 0 saturated heterocycles. The Morgan fingerprint density at radius 1 is 1.50 bits per heavy atom. The first-order chi connectivity index (χ1) is 8.39. The van der Waals surface area contributed by atoms with Gasteiger partial charge in [-0.05, 0) is 24.5 Å². The molecule has 1 heterocycles. The molecule has 0 aliphatic rings. The molecule has 98 valence electrons. The molecule has 0 aromatic carbocycles. The van der Waals surface area contributed by atoms with E-state index in [1.165, 1.54) is 29.7 Å². The van der Waals surface area contributed by atoms with E-state index in [0.29, 0.717) is 12.5 Å². The van der Waals surface area contributed by atoms with Gasteiger partial charge in [-0.15, -0.1) is 0 Å². The second-order valence-electron chi connectivity index (χ2n) is 4.47. The summed E-state index contributed by atoms with van der Waals surface area (Å²) in [4.78, 5) is 3.75. The van der Waals surface area contributed by atoms with Crippen LogP contribution in [0.25, 0.3) is 0 Å². The average molecular weight is 267 g/mol. The summed E-state index contributed by atoms with van der Waals surface area (Å²) in [6.45, 7) is 4.50. The van der Waals surface area contributed by atoms with Gasteiger partial charge in [0.15, 0.2) is 5.69 Å². The molecule has 0 atom stereocenters. The fourth-order valence-electron chi connectivity index (χ4n) is 1.41. The number of hydrogen-bond donors (Lipinski definition) is 0. The highest BCUT2D eigenvalue weighted by Crippen LogP contribution is 2.17. The van der Waals surface area contributed by atoms with Gasteiger partial charge in [0, 0.05) is 19.8 Å². The van der Waals surface area contributed by atoms with Crippen LogP contribution in [0.15, 0.2) is 23.2 Å². The van der Waals surface area contributed by atoms with E-state index in [1.54, 1.807) is 6.07 Å². The molecule has 1 rings (SSSR count). The van der Waals surface area contributed by atoms with Crippen molar-refractivity contribution in [3.8, 4) is 6.07 Å². The largest absolute Gasteiger partial charge is 0.245 e. The Hall–Kier alpha value is -1.45. The second-order valence-corrected chi connectivity index (χ2v) is 6.48. The van der Waals surface area contributed by atoms with Gasteiger partial charge >= 0.3 is 0 Å². The van der Waals surface area contributed by atoms with Gasteiger partial charge in [-0.1, -0.05) is 13.8 Å². The zero-order valence-electron chi connectivity index (χ0n) is 10.8. The molecule has 1 aromatic heterocycles. The lowest BCUT2D eigenvalue weighted by atomic mass is 10.1. The monoisotopic (exact) mass is 267 g/mol. The Balaban J connectivity index is 3.03. The van der Waals surface area contributed by atoms with Crippen LogP contribution in [0.2, 0.25) is 0 Å². The van der Waals surface area contributed by atoms with Crippen LogP contribution in [0.1, 0.15) is 26.0 Å². The Morgan fingerprint density at radius 2 is 2.17 bits per heavy atom. The average Bonchev–Trinajstić information content (AvgIpc) is 2.35. The maximum Gasteiger partial charge on any atom is 0.245 e. The Labute approximate surface area is 108 Å². The van der Waals surface area contributed by atoms with Gasteiger partial charge in [0.25, 0.3) is 0 Å². The molecule has 0 aliphatic heterocycles. The van der Waals surface area contributed by atoms with Crippen molar-refractivity contribution in [3.63, 3.8) is 0 Å². The van der Waals surface area contributed by atoms with Gasteiger partial charge in [0.2, 0.25) is 10.0 Å². The minimum atomic E-state index is -3.63. The Morgan fingerprint density at radius 3 is 2.72 bits per heavy atom. The molecule has 0 saturated carbocycles. The summed E-state index contributed by atoms with van der Waals surface area (Å²) in [7, 11) is -2.11. The molecule has 0 spiro atoms. The molecule has 0 fully saturated rings. The number of aromatic nitrogens is 1. The molecule has 0 bridgehead atoms. The normalized spacial score (nSPS) is 11.8. The SMILES string of the molecule is CC(C)CCN(C)S(=O)(=O)c1cccnc1C#N. The molecule has 0 radical (unpaired) electrons.